The van der Waals surface area contributed by atoms with Gasteiger partial charge in [0.25, 0.3) is 5.56 Å². The lowest BCUT2D eigenvalue weighted by Gasteiger charge is -2.14. The van der Waals surface area contributed by atoms with E-state index in [1.165, 1.54) is 34.2 Å². The molecule has 1 unspecified atom stereocenters. The molecule has 5 nitrogen and oxygen atoms in total. The molecule has 1 atom stereocenters. The first-order chi connectivity index (χ1) is 13.4. The number of rotatable bonds is 7. The van der Waals surface area contributed by atoms with Gasteiger partial charge in [-0.3, -0.25) is 14.2 Å². The minimum Gasteiger partial charge on any atom is -0.353 e. The number of carbonyl (C=O) groups excluding carboxylic acids is 1. The van der Waals surface area contributed by atoms with E-state index in [9.17, 15) is 9.59 Å². The molecule has 0 saturated carbocycles. The highest BCUT2D eigenvalue weighted by Crippen LogP contribution is 2.22. The fourth-order valence-electron chi connectivity index (χ4n) is 2.81. The molecule has 0 bridgehead atoms. The summed E-state index contributed by atoms with van der Waals surface area (Å²) in [5.74, 6) is 0.191. The van der Waals surface area contributed by atoms with Gasteiger partial charge < -0.3 is 5.32 Å². The Morgan fingerprint density at radius 2 is 2.07 bits per heavy atom. The number of amides is 1. The van der Waals surface area contributed by atoms with E-state index in [1.807, 2.05) is 31.4 Å². The molecule has 1 aromatic carbocycles. The van der Waals surface area contributed by atoms with E-state index < -0.39 is 0 Å². The van der Waals surface area contributed by atoms with Crippen LogP contribution in [0, 0.1) is 13.8 Å². The first kappa shape index (κ1) is 20.6. The Balaban J connectivity index is 1.91. The number of hydrogen-bond acceptors (Lipinski definition) is 5. The molecule has 0 aliphatic carbocycles. The zero-order valence-electron chi connectivity index (χ0n) is 16.6. The molecule has 1 N–H and O–H groups in total. The van der Waals surface area contributed by atoms with E-state index in [0.29, 0.717) is 21.9 Å². The average Bonchev–Trinajstić information content (AvgIpc) is 3.14. The molecule has 7 heteroatoms. The summed E-state index contributed by atoms with van der Waals surface area (Å²) in [6, 6.07) is 8.20. The maximum absolute atomic E-state index is 13.1. The average molecular weight is 416 g/mol. The molecule has 3 rings (SSSR count). The van der Waals surface area contributed by atoms with Crippen LogP contribution in [0.5, 0.6) is 0 Å². The van der Waals surface area contributed by atoms with Crippen molar-refractivity contribution in [3.8, 4) is 0 Å². The SMILES string of the molecule is CCC(C)NC(=O)CSc1nc2ccsc2c(=O)n1Cc1ccc(C)c(C)c1. The van der Waals surface area contributed by atoms with Crippen LogP contribution in [0.2, 0.25) is 0 Å². The highest BCUT2D eigenvalue weighted by molar-refractivity contribution is 7.99. The summed E-state index contributed by atoms with van der Waals surface area (Å²) >= 11 is 2.72. The minimum atomic E-state index is -0.0527. The summed E-state index contributed by atoms with van der Waals surface area (Å²) in [6.45, 7) is 8.59. The normalized spacial score (nSPS) is 12.3. The Hall–Kier alpha value is -2.12. The van der Waals surface area contributed by atoms with Crippen molar-refractivity contribution in [2.24, 2.45) is 0 Å². The lowest BCUT2D eigenvalue weighted by Crippen LogP contribution is -2.33. The van der Waals surface area contributed by atoms with Crippen molar-refractivity contribution in [2.75, 3.05) is 5.75 Å². The molecule has 0 aliphatic heterocycles. The third kappa shape index (κ3) is 4.64. The van der Waals surface area contributed by atoms with Crippen LogP contribution in [0.1, 0.15) is 37.0 Å². The van der Waals surface area contributed by atoms with Crippen LogP contribution < -0.4 is 10.9 Å². The van der Waals surface area contributed by atoms with E-state index >= 15 is 0 Å². The molecule has 0 fully saturated rings. The van der Waals surface area contributed by atoms with Crippen LogP contribution in [0.25, 0.3) is 10.2 Å². The minimum absolute atomic E-state index is 0.0447. The quantitative estimate of drug-likeness (QED) is 0.465. The molecule has 0 aliphatic rings. The predicted molar refractivity (Wildman–Crippen MR) is 118 cm³/mol. The number of aromatic nitrogens is 2. The third-order valence-electron chi connectivity index (χ3n) is 4.79. The number of thiophene rings is 1. The van der Waals surface area contributed by atoms with Crippen LogP contribution in [-0.2, 0) is 11.3 Å². The molecule has 3 aromatic rings. The highest BCUT2D eigenvalue weighted by Gasteiger charge is 2.15. The molecule has 0 saturated heterocycles. The lowest BCUT2D eigenvalue weighted by molar-refractivity contribution is -0.119. The standard InChI is InChI=1S/C21H25N3O2S2/c1-5-15(4)22-18(25)12-28-21-23-17-8-9-27-19(17)20(26)24(21)11-16-7-6-13(2)14(3)10-16/h6-10,15H,5,11-12H2,1-4H3,(H,22,25). The molecule has 28 heavy (non-hydrogen) atoms. The van der Waals surface area contributed by atoms with Gasteiger partial charge in [0.05, 0.1) is 17.8 Å². The van der Waals surface area contributed by atoms with Gasteiger partial charge in [-0.05, 0) is 55.3 Å². The van der Waals surface area contributed by atoms with E-state index in [4.69, 9.17) is 0 Å². The molecule has 148 valence electrons. The van der Waals surface area contributed by atoms with Crippen molar-refractivity contribution in [1.82, 2.24) is 14.9 Å². The fraction of sp³-hybridized carbons (Fsp3) is 0.381. The number of thioether (sulfide) groups is 1. The van der Waals surface area contributed by atoms with Crippen molar-refractivity contribution in [2.45, 2.75) is 51.9 Å². The maximum atomic E-state index is 13.1. The van der Waals surface area contributed by atoms with Gasteiger partial charge in [0.2, 0.25) is 5.91 Å². The van der Waals surface area contributed by atoms with Crippen molar-refractivity contribution in [3.63, 3.8) is 0 Å². The molecule has 0 spiro atoms. The van der Waals surface area contributed by atoms with Crippen LogP contribution >= 0.6 is 23.1 Å². The van der Waals surface area contributed by atoms with Crippen LogP contribution in [0.4, 0.5) is 0 Å². The van der Waals surface area contributed by atoms with Gasteiger partial charge in [0.15, 0.2) is 5.16 Å². The number of nitrogens with zero attached hydrogens (tertiary/aromatic N) is 2. The molecular formula is C21H25N3O2S2. The van der Waals surface area contributed by atoms with Crippen molar-refractivity contribution in [1.29, 1.82) is 0 Å². The molecule has 2 heterocycles. The van der Waals surface area contributed by atoms with Gasteiger partial charge in [0.1, 0.15) is 4.70 Å². The van der Waals surface area contributed by atoms with Crippen molar-refractivity contribution < 1.29 is 4.79 Å². The van der Waals surface area contributed by atoms with E-state index in [2.05, 4.69) is 36.3 Å². The summed E-state index contributed by atoms with van der Waals surface area (Å²) in [7, 11) is 0. The second-order valence-electron chi connectivity index (χ2n) is 7.00. The fourth-order valence-corrected chi connectivity index (χ4v) is 4.39. The molecule has 1 amide bonds. The lowest BCUT2D eigenvalue weighted by atomic mass is 10.1. The van der Waals surface area contributed by atoms with Gasteiger partial charge in [-0.1, -0.05) is 36.9 Å². The summed E-state index contributed by atoms with van der Waals surface area (Å²) in [5.41, 5.74) is 4.10. The van der Waals surface area contributed by atoms with Crippen molar-refractivity contribution in [3.05, 3.63) is 56.7 Å². The Morgan fingerprint density at radius 1 is 1.29 bits per heavy atom. The molecule has 0 radical (unpaired) electrons. The second kappa shape index (κ2) is 8.92. The van der Waals surface area contributed by atoms with Gasteiger partial charge >= 0.3 is 0 Å². The highest BCUT2D eigenvalue weighted by atomic mass is 32.2. The monoisotopic (exact) mass is 415 g/mol. The smallest absolute Gasteiger partial charge is 0.272 e. The summed E-state index contributed by atoms with van der Waals surface area (Å²) in [6.07, 6.45) is 0.882. The number of nitrogens with one attached hydrogen (secondary N) is 1. The summed E-state index contributed by atoms with van der Waals surface area (Å²) < 4.78 is 2.33. The third-order valence-corrected chi connectivity index (χ3v) is 6.66. The van der Waals surface area contributed by atoms with Gasteiger partial charge in [-0.2, -0.15) is 0 Å². The number of aryl methyl sites for hydroxylation is 2. The number of hydrogen-bond donors (Lipinski definition) is 1. The van der Waals surface area contributed by atoms with Crippen LogP contribution in [-0.4, -0.2) is 27.3 Å². The number of fused-ring (bicyclic) bond motifs is 1. The van der Waals surface area contributed by atoms with Crippen molar-refractivity contribution >= 4 is 39.2 Å². The maximum Gasteiger partial charge on any atom is 0.272 e. The van der Waals surface area contributed by atoms with E-state index in [1.54, 1.807) is 4.57 Å². The largest absolute Gasteiger partial charge is 0.353 e. The predicted octanol–water partition coefficient (Wildman–Crippen LogP) is 4.13. The molecular weight excluding hydrogens is 390 g/mol. The summed E-state index contributed by atoms with van der Waals surface area (Å²) in [5, 5.41) is 5.41. The van der Waals surface area contributed by atoms with Gasteiger partial charge in [0, 0.05) is 6.04 Å². The Kier molecular flexibility index (Phi) is 6.57. The first-order valence-electron chi connectivity index (χ1n) is 9.35. The zero-order valence-corrected chi connectivity index (χ0v) is 18.2. The second-order valence-corrected chi connectivity index (χ2v) is 8.86. The first-order valence-corrected chi connectivity index (χ1v) is 11.2. The Morgan fingerprint density at radius 3 is 2.79 bits per heavy atom. The topological polar surface area (TPSA) is 64.0 Å². The Labute approximate surface area is 173 Å². The number of carbonyl (C=O) groups is 1. The van der Waals surface area contributed by atoms with E-state index in [0.717, 1.165) is 12.0 Å². The number of benzene rings is 1. The van der Waals surface area contributed by atoms with E-state index in [-0.39, 0.29) is 23.3 Å². The van der Waals surface area contributed by atoms with Gasteiger partial charge in [-0.25, -0.2) is 4.98 Å². The van der Waals surface area contributed by atoms with Gasteiger partial charge in [-0.15, -0.1) is 11.3 Å². The molecule has 2 aromatic heterocycles. The van der Waals surface area contributed by atoms with Crippen LogP contribution in [0.15, 0.2) is 39.6 Å². The zero-order chi connectivity index (χ0) is 20.3. The summed E-state index contributed by atoms with van der Waals surface area (Å²) in [4.78, 5) is 29.9. The Bertz CT molecular complexity index is 1060. The van der Waals surface area contributed by atoms with Crippen LogP contribution in [0.3, 0.4) is 0 Å².